The standard InChI is InChI=1S/C45H74O4/c1-4-6-8-10-12-14-16-17-18-19-20-21-23-24-26-30-38-47-40(3)41-34-36-42(37-35-41)45(46)49-44-33-29-28-32-43(44)48-39-31-27-25-22-15-13-11-9-7-5-2/h28-29,32-37,40H,4-27,30-31,38-39H2,1-3H3. The average Bonchev–Trinajstić information content (AvgIpc) is 3.12. The Hall–Kier alpha value is -2.33. The highest BCUT2D eigenvalue weighted by Gasteiger charge is 2.14. The smallest absolute Gasteiger partial charge is 0.343 e. The molecule has 0 spiro atoms. The van der Waals surface area contributed by atoms with Crippen LogP contribution in [0.15, 0.2) is 48.5 Å². The molecule has 0 aliphatic rings. The minimum Gasteiger partial charge on any atom is -0.490 e. The summed E-state index contributed by atoms with van der Waals surface area (Å²) in [6.45, 7) is 8.05. The van der Waals surface area contributed by atoms with Crippen molar-refractivity contribution in [3.05, 3.63) is 59.7 Å². The van der Waals surface area contributed by atoms with E-state index in [1.54, 1.807) is 6.07 Å². The van der Waals surface area contributed by atoms with Gasteiger partial charge in [0, 0.05) is 6.61 Å². The zero-order valence-electron chi connectivity index (χ0n) is 32.1. The normalized spacial score (nSPS) is 11.9. The molecular weight excluding hydrogens is 604 g/mol. The maximum atomic E-state index is 12.9. The van der Waals surface area contributed by atoms with Gasteiger partial charge in [0.2, 0.25) is 0 Å². The van der Waals surface area contributed by atoms with Crippen molar-refractivity contribution < 1.29 is 19.0 Å². The Labute approximate surface area is 302 Å². The highest BCUT2D eigenvalue weighted by Crippen LogP contribution is 2.28. The number of hydrogen-bond acceptors (Lipinski definition) is 4. The summed E-state index contributed by atoms with van der Waals surface area (Å²) in [6.07, 6.45) is 34.9. The molecule has 0 bridgehead atoms. The van der Waals surface area contributed by atoms with Crippen molar-refractivity contribution in [1.29, 1.82) is 0 Å². The van der Waals surface area contributed by atoms with Crippen LogP contribution in [-0.4, -0.2) is 19.2 Å². The summed E-state index contributed by atoms with van der Waals surface area (Å²) < 4.78 is 17.9. The molecule has 2 aromatic carbocycles. The second-order valence-corrected chi connectivity index (χ2v) is 14.3. The molecule has 0 radical (unpaired) electrons. The summed E-state index contributed by atoms with van der Waals surface area (Å²) in [4.78, 5) is 12.9. The molecule has 0 fully saturated rings. The van der Waals surface area contributed by atoms with Crippen LogP contribution in [0.5, 0.6) is 11.5 Å². The number of ether oxygens (including phenoxy) is 3. The van der Waals surface area contributed by atoms with Crippen LogP contribution in [0.4, 0.5) is 0 Å². The van der Waals surface area contributed by atoms with Gasteiger partial charge in [-0.3, -0.25) is 0 Å². The number of benzene rings is 2. The Kier molecular flexibility index (Phi) is 26.7. The molecule has 49 heavy (non-hydrogen) atoms. The molecule has 0 aliphatic heterocycles. The van der Waals surface area contributed by atoms with Crippen LogP contribution in [0.3, 0.4) is 0 Å². The largest absolute Gasteiger partial charge is 0.490 e. The summed E-state index contributed by atoms with van der Waals surface area (Å²) in [5.74, 6) is 0.724. The van der Waals surface area contributed by atoms with E-state index in [1.165, 1.54) is 154 Å². The van der Waals surface area contributed by atoms with Crippen LogP contribution in [0.25, 0.3) is 0 Å². The molecule has 0 amide bonds. The molecule has 0 heterocycles. The number of carbonyl (C=O) groups excluding carboxylic acids is 1. The van der Waals surface area contributed by atoms with Gasteiger partial charge >= 0.3 is 5.97 Å². The van der Waals surface area contributed by atoms with Gasteiger partial charge in [0.15, 0.2) is 11.5 Å². The van der Waals surface area contributed by atoms with Crippen LogP contribution in [0, 0.1) is 0 Å². The fourth-order valence-electron chi connectivity index (χ4n) is 6.48. The van der Waals surface area contributed by atoms with Gasteiger partial charge < -0.3 is 14.2 Å². The molecule has 1 atom stereocenters. The first-order valence-corrected chi connectivity index (χ1v) is 20.8. The van der Waals surface area contributed by atoms with Gasteiger partial charge in [0.05, 0.1) is 18.3 Å². The summed E-state index contributed by atoms with van der Waals surface area (Å²) >= 11 is 0. The Balaban J connectivity index is 1.52. The molecular formula is C45H74O4. The number of para-hydroxylation sites is 2. The van der Waals surface area contributed by atoms with Crippen molar-refractivity contribution >= 4 is 5.97 Å². The number of carbonyl (C=O) groups is 1. The van der Waals surface area contributed by atoms with Crippen LogP contribution < -0.4 is 9.47 Å². The van der Waals surface area contributed by atoms with E-state index in [2.05, 4.69) is 20.8 Å². The van der Waals surface area contributed by atoms with E-state index in [1.807, 2.05) is 42.5 Å². The number of esters is 1. The number of hydrogen-bond donors (Lipinski definition) is 0. The molecule has 4 nitrogen and oxygen atoms in total. The van der Waals surface area contributed by atoms with Gasteiger partial charge in [-0.25, -0.2) is 4.79 Å². The van der Waals surface area contributed by atoms with Crippen LogP contribution >= 0.6 is 0 Å². The third kappa shape index (κ3) is 22.2. The molecule has 1 unspecified atom stereocenters. The summed E-state index contributed by atoms with van der Waals surface area (Å²) in [6, 6.07) is 15.1. The lowest BCUT2D eigenvalue weighted by Crippen LogP contribution is -2.10. The maximum Gasteiger partial charge on any atom is 0.343 e. The fraction of sp³-hybridized carbons (Fsp3) is 0.711. The van der Waals surface area contributed by atoms with Crippen molar-refractivity contribution in [2.75, 3.05) is 13.2 Å². The Morgan fingerprint density at radius 3 is 1.33 bits per heavy atom. The lowest BCUT2D eigenvalue weighted by atomic mass is 10.0. The van der Waals surface area contributed by atoms with Gasteiger partial charge in [0.25, 0.3) is 0 Å². The predicted octanol–water partition coefficient (Wildman–Crippen LogP) is 14.5. The van der Waals surface area contributed by atoms with Crippen molar-refractivity contribution in [2.24, 2.45) is 0 Å². The van der Waals surface area contributed by atoms with Crippen LogP contribution in [0.1, 0.15) is 210 Å². The van der Waals surface area contributed by atoms with E-state index in [9.17, 15) is 4.79 Å². The van der Waals surface area contributed by atoms with Crippen molar-refractivity contribution in [1.82, 2.24) is 0 Å². The van der Waals surface area contributed by atoms with Gasteiger partial charge in [0.1, 0.15) is 0 Å². The summed E-state index contributed by atoms with van der Waals surface area (Å²) in [7, 11) is 0. The average molecular weight is 679 g/mol. The molecule has 2 rings (SSSR count). The first kappa shape index (κ1) is 42.8. The molecule has 0 N–H and O–H groups in total. The number of rotatable bonds is 33. The van der Waals surface area contributed by atoms with Crippen molar-refractivity contribution in [3.63, 3.8) is 0 Å². The summed E-state index contributed by atoms with van der Waals surface area (Å²) in [5.41, 5.74) is 1.60. The molecule has 0 aliphatic carbocycles. The van der Waals surface area contributed by atoms with E-state index in [4.69, 9.17) is 14.2 Å². The predicted molar refractivity (Wildman–Crippen MR) is 209 cm³/mol. The monoisotopic (exact) mass is 679 g/mol. The van der Waals surface area contributed by atoms with E-state index >= 15 is 0 Å². The maximum absolute atomic E-state index is 12.9. The third-order valence-electron chi connectivity index (χ3n) is 9.79. The van der Waals surface area contributed by atoms with Crippen LogP contribution in [-0.2, 0) is 4.74 Å². The first-order valence-electron chi connectivity index (χ1n) is 20.8. The Morgan fingerprint density at radius 1 is 0.490 bits per heavy atom. The quantitative estimate of drug-likeness (QED) is 0.0428. The van der Waals surface area contributed by atoms with Crippen molar-refractivity contribution in [2.45, 2.75) is 194 Å². The fourth-order valence-corrected chi connectivity index (χ4v) is 6.48. The van der Waals surface area contributed by atoms with Crippen LogP contribution in [0.2, 0.25) is 0 Å². The first-order chi connectivity index (χ1) is 24.2. The topological polar surface area (TPSA) is 44.8 Å². The third-order valence-corrected chi connectivity index (χ3v) is 9.79. The Bertz CT molecular complexity index is 1030. The van der Waals surface area contributed by atoms with E-state index in [0.29, 0.717) is 23.7 Å². The van der Waals surface area contributed by atoms with Crippen molar-refractivity contribution in [3.8, 4) is 11.5 Å². The lowest BCUT2D eigenvalue weighted by Gasteiger charge is -2.14. The molecule has 2 aromatic rings. The lowest BCUT2D eigenvalue weighted by molar-refractivity contribution is 0.0625. The molecule has 0 saturated heterocycles. The SMILES string of the molecule is CCCCCCCCCCCCCCCCCCOC(C)c1ccc(C(=O)Oc2ccccc2OCCCCCCCCCCCC)cc1. The summed E-state index contributed by atoms with van der Waals surface area (Å²) in [5, 5.41) is 0. The molecule has 4 heteroatoms. The van der Waals surface area contributed by atoms with Gasteiger partial charge in [-0.05, 0) is 49.6 Å². The highest BCUT2D eigenvalue weighted by atomic mass is 16.6. The van der Waals surface area contributed by atoms with Gasteiger partial charge in [-0.15, -0.1) is 0 Å². The van der Waals surface area contributed by atoms with Gasteiger partial charge in [-0.1, -0.05) is 192 Å². The molecule has 278 valence electrons. The minimum absolute atomic E-state index is 0.00123. The molecule has 0 aromatic heterocycles. The molecule has 0 saturated carbocycles. The highest BCUT2D eigenvalue weighted by molar-refractivity contribution is 5.91. The second kappa shape index (κ2) is 30.5. The zero-order valence-corrected chi connectivity index (χ0v) is 32.1. The van der Waals surface area contributed by atoms with E-state index in [0.717, 1.165) is 25.0 Å². The Morgan fingerprint density at radius 2 is 0.878 bits per heavy atom. The number of unbranched alkanes of at least 4 members (excludes halogenated alkanes) is 24. The van der Waals surface area contributed by atoms with Gasteiger partial charge in [-0.2, -0.15) is 0 Å². The van der Waals surface area contributed by atoms with E-state index in [-0.39, 0.29) is 12.1 Å². The minimum atomic E-state index is -0.372. The second-order valence-electron chi connectivity index (χ2n) is 14.3. The van der Waals surface area contributed by atoms with E-state index < -0.39 is 0 Å². The zero-order chi connectivity index (χ0) is 35.0.